The van der Waals surface area contributed by atoms with Crippen LogP contribution in [0.15, 0.2) is 79.0 Å². The van der Waals surface area contributed by atoms with Crippen LogP contribution in [0.3, 0.4) is 0 Å². The number of nitrogens with two attached hydrogens (primary N) is 2. The van der Waals surface area contributed by atoms with Crippen LogP contribution in [0, 0.1) is 5.41 Å². The van der Waals surface area contributed by atoms with Crippen LogP contribution in [0.25, 0.3) is 0 Å². The highest BCUT2D eigenvalue weighted by atomic mass is 19.4. The largest absolute Gasteiger partial charge is 0.493 e. The minimum atomic E-state index is -4.34. The first-order valence-electron chi connectivity index (χ1n) is 12.2. The van der Waals surface area contributed by atoms with Crippen LogP contribution in [0.1, 0.15) is 36.6 Å². The molecule has 0 saturated carbocycles. The molecular weight excluding hydrogens is 539 g/mol. The summed E-state index contributed by atoms with van der Waals surface area (Å²) < 4.78 is 46.9. The van der Waals surface area contributed by atoms with Crippen LogP contribution in [-0.4, -0.2) is 37.7 Å². The number of amidine groups is 1. The van der Waals surface area contributed by atoms with Crippen LogP contribution >= 0.6 is 0 Å². The second kappa shape index (κ2) is 16.3. The van der Waals surface area contributed by atoms with E-state index in [9.17, 15) is 13.2 Å². The van der Waals surface area contributed by atoms with Crippen molar-refractivity contribution in [1.82, 2.24) is 5.32 Å². The third-order valence-electron chi connectivity index (χ3n) is 5.26. The number of halogens is 3. The van der Waals surface area contributed by atoms with E-state index in [1.807, 2.05) is 56.4 Å². The molecule has 222 valence electrons. The first-order valence-corrected chi connectivity index (χ1v) is 12.2. The van der Waals surface area contributed by atoms with Gasteiger partial charge in [-0.15, -0.1) is 0 Å². The summed E-state index contributed by atoms with van der Waals surface area (Å²) in [6.07, 6.45) is -4.34. The molecule has 1 atom stereocenters. The van der Waals surface area contributed by atoms with Crippen molar-refractivity contribution in [2.45, 2.75) is 26.1 Å². The lowest BCUT2D eigenvalue weighted by Gasteiger charge is -2.24. The highest BCUT2D eigenvalue weighted by Crippen LogP contribution is 2.34. The topological polar surface area (TPSA) is 156 Å². The molecular formula is C29H36F3N5O4. The molecule has 3 rings (SSSR count). The predicted molar refractivity (Wildman–Crippen MR) is 155 cm³/mol. The van der Waals surface area contributed by atoms with Gasteiger partial charge in [0, 0.05) is 36.6 Å². The molecule has 0 heterocycles. The van der Waals surface area contributed by atoms with Crippen molar-refractivity contribution in [3.8, 4) is 11.5 Å². The summed E-state index contributed by atoms with van der Waals surface area (Å²) in [6, 6.07) is 18.0. The molecule has 0 fully saturated rings. The molecule has 8 N–H and O–H groups in total. The minimum Gasteiger partial charge on any atom is -0.493 e. The SMILES string of the molecule is C=C(NC)C(Nc1ccc(C(=N)N)cc1)c1ccc(OC)c(OCC)c1.CC(=O)O.Nc1ccccc1C(F)(F)F. The molecule has 0 spiro atoms. The van der Waals surface area contributed by atoms with Crippen LogP contribution in [0.4, 0.5) is 24.5 Å². The van der Waals surface area contributed by atoms with E-state index in [2.05, 4.69) is 17.2 Å². The number of para-hydroxylation sites is 1. The van der Waals surface area contributed by atoms with Crippen molar-refractivity contribution < 1.29 is 32.5 Å². The Hall–Kier alpha value is -4.87. The van der Waals surface area contributed by atoms with Gasteiger partial charge in [0.05, 0.1) is 25.3 Å². The summed E-state index contributed by atoms with van der Waals surface area (Å²) in [5, 5.41) is 21.5. The van der Waals surface area contributed by atoms with E-state index in [0.29, 0.717) is 23.7 Å². The van der Waals surface area contributed by atoms with E-state index in [4.69, 9.17) is 36.3 Å². The number of nitrogens with one attached hydrogen (secondary N) is 3. The Labute approximate surface area is 237 Å². The fourth-order valence-electron chi connectivity index (χ4n) is 3.32. The van der Waals surface area contributed by atoms with Gasteiger partial charge in [0.15, 0.2) is 11.5 Å². The molecule has 0 aromatic heterocycles. The van der Waals surface area contributed by atoms with Crippen LogP contribution in [-0.2, 0) is 11.0 Å². The van der Waals surface area contributed by atoms with E-state index >= 15 is 0 Å². The highest BCUT2D eigenvalue weighted by Gasteiger charge is 2.32. The Morgan fingerprint density at radius 1 is 1.10 bits per heavy atom. The zero-order valence-corrected chi connectivity index (χ0v) is 23.3. The number of likely N-dealkylation sites (N-methyl/N-ethyl adjacent to an activating group) is 1. The summed E-state index contributed by atoms with van der Waals surface area (Å²) in [5.74, 6) is 0.592. The number of carboxylic acids is 1. The first kappa shape index (κ1) is 34.2. The number of anilines is 2. The van der Waals surface area contributed by atoms with E-state index < -0.39 is 17.7 Å². The molecule has 3 aromatic carbocycles. The number of rotatable bonds is 9. The summed E-state index contributed by atoms with van der Waals surface area (Å²) in [4.78, 5) is 9.00. The average Bonchev–Trinajstić information content (AvgIpc) is 2.91. The molecule has 0 amide bonds. The summed E-state index contributed by atoms with van der Waals surface area (Å²) in [7, 11) is 3.46. The van der Waals surface area contributed by atoms with Gasteiger partial charge in [0.25, 0.3) is 5.97 Å². The maximum atomic E-state index is 12.0. The third kappa shape index (κ3) is 11.4. The van der Waals surface area contributed by atoms with Crippen molar-refractivity contribution in [1.29, 1.82) is 5.41 Å². The molecule has 12 heteroatoms. The summed E-state index contributed by atoms with van der Waals surface area (Å²) >= 11 is 0. The van der Waals surface area contributed by atoms with Gasteiger partial charge in [-0.3, -0.25) is 10.2 Å². The first-order chi connectivity index (χ1) is 19.2. The van der Waals surface area contributed by atoms with E-state index in [-0.39, 0.29) is 17.6 Å². The average molecular weight is 576 g/mol. The monoisotopic (exact) mass is 575 g/mol. The maximum absolute atomic E-state index is 12.0. The Morgan fingerprint density at radius 3 is 2.12 bits per heavy atom. The molecule has 1 unspecified atom stereocenters. The van der Waals surface area contributed by atoms with E-state index in [1.54, 1.807) is 7.11 Å². The third-order valence-corrected chi connectivity index (χ3v) is 5.26. The van der Waals surface area contributed by atoms with Gasteiger partial charge < -0.3 is 36.7 Å². The standard InChI is InChI=1S/C20H26N4O2.C7H6F3N.C2H4O2/c1-5-26-18-12-15(8-11-17(18)25-4)19(13(2)23-3)24-16-9-6-14(7-10-16)20(21)22;8-7(9,10)5-3-1-2-4-6(5)11;1-2(3)4/h6-12,19,23-24H,2,5H2,1,3-4H3,(H3,21,22);1-4H,11H2;1H3,(H,3,4). The molecule has 3 aromatic rings. The molecule has 0 radical (unpaired) electrons. The number of hydrogen-bond donors (Lipinski definition) is 6. The van der Waals surface area contributed by atoms with Gasteiger partial charge in [-0.05, 0) is 61.0 Å². The van der Waals surface area contributed by atoms with Crippen molar-refractivity contribution in [3.63, 3.8) is 0 Å². The zero-order chi connectivity index (χ0) is 31.2. The number of carbonyl (C=O) groups is 1. The van der Waals surface area contributed by atoms with E-state index in [1.165, 1.54) is 18.2 Å². The summed E-state index contributed by atoms with van der Waals surface area (Å²) in [5.41, 5.74) is 13.0. The number of aliphatic carboxylic acids is 1. The lowest BCUT2D eigenvalue weighted by atomic mass is 10.0. The van der Waals surface area contributed by atoms with Gasteiger partial charge in [-0.1, -0.05) is 24.8 Å². The number of benzene rings is 3. The molecule has 0 aliphatic heterocycles. The fraction of sp³-hybridized carbons (Fsp3) is 0.241. The van der Waals surface area contributed by atoms with Crippen LogP contribution in [0.5, 0.6) is 11.5 Å². The molecule has 0 saturated heterocycles. The Balaban J connectivity index is 0.000000461. The van der Waals surface area contributed by atoms with Gasteiger partial charge >= 0.3 is 6.18 Å². The van der Waals surface area contributed by atoms with Crippen LogP contribution in [0.2, 0.25) is 0 Å². The second-order valence-electron chi connectivity index (χ2n) is 8.29. The van der Waals surface area contributed by atoms with Crippen molar-refractivity contribution >= 4 is 23.2 Å². The maximum Gasteiger partial charge on any atom is 0.418 e. The fourth-order valence-corrected chi connectivity index (χ4v) is 3.32. The number of carboxylic acid groups (broad SMARTS) is 1. The summed E-state index contributed by atoms with van der Waals surface area (Å²) in [6.45, 7) is 7.68. The zero-order valence-electron chi connectivity index (χ0n) is 23.3. The normalized spacial score (nSPS) is 10.9. The number of alkyl halides is 3. The molecule has 9 nitrogen and oxygen atoms in total. The predicted octanol–water partition coefficient (Wildman–Crippen LogP) is 5.64. The number of ether oxygens (including phenoxy) is 2. The smallest absolute Gasteiger partial charge is 0.418 e. The second-order valence-corrected chi connectivity index (χ2v) is 8.29. The van der Waals surface area contributed by atoms with Gasteiger partial charge in [-0.2, -0.15) is 13.2 Å². The lowest BCUT2D eigenvalue weighted by Crippen LogP contribution is -2.21. The molecule has 0 bridgehead atoms. The minimum absolute atomic E-state index is 0.0456. The molecule has 41 heavy (non-hydrogen) atoms. The van der Waals surface area contributed by atoms with Gasteiger partial charge in [-0.25, -0.2) is 0 Å². The van der Waals surface area contributed by atoms with Gasteiger partial charge in [0.2, 0.25) is 0 Å². The van der Waals surface area contributed by atoms with Crippen molar-refractivity contribution in [2.24, 2.45) is 5.73 Å². The van der Waals surface area contributed by atoms with Gasteiger partial charge in [0.1, 0.15) is 5.84 Å². The van der Waals surface area contributed by atoms with E-state index in [0.717, 1.165) is 29.9 Å². The van der Waals surface area contributed by atoms with Crippen molar-refractivity contribution in [2.75, 3.05) is 31.8 Å². The van der Waals surface area contributed by atoms with Crippen LogP contribution < -0.4 is 31.6 Å². The Kier molecular flexibility index (Phi) is 13.6. The quantitative estimate of drug-likeness (QED) is 0.109. The number of hydrogen-bond acceptors (Lipinski definition) is 7. The Morgan fingerprint density at radius 2 is 1.68 bits per heavy atom. The molecule has 0 aliphatic carbocycles. The molecule has 0 aliphatic rings. The van der Waals surface area contributed by atoms with Crippen molar-refractivity contribution in [3.05, 3.63) is 95.7 Å². The Bertz CT molecular complexity index is 1290. The lowest BCUT2D eigenvalue weighted by molar-refractivity contribution is -0.137. The number of methoxy groups -OCH3 is 1. The highest BCUT2D eigenvalue weighted by molar-refractivity contribution is 5.95. The number of nitrogen functional groups attached to an aromatic ring is 2.